The highest BCUT2D eigenvalue weighted by molar-refractivity contribution is 7.99. The van der Waals surface area contributed by atoms with E-state index in [1.54, 1.807) is 11.8 Å². The zero-order chi connectivity index (χ0) is 13.3. The summed E-state index contributed by atoms with van der Waals surface area (Å²) in [4.78, 5) is 0. The van der Waals surface area contributed by atoms with E-state index in [4.69, 9.17) is 4.42 Å². The highest BCUT2D eigenvalue weighted by Gasteiger charge is 2.07. The monoisotopic (exact) mass is 276 g/mol. The summed E-state index contributed by atoms with van der Waals surface area (Å²) in [5.41, 5.74) is 0.977. The summed E-state index contributed by atoms with van der Waals surface area (Å²) in [6.07, 6.45) is 6.46. The Labute approximate surface area is 118 Å². The molecule has 0 aliphatic heterocycles. The Bertz CT molecular complexity index is 470. The van der Waals surface area contributed by atoms with E-state index in [1.165, 1.54) is 32.1 Å². The van der Waals surface area contributed by atoms with Gasteiger partial charge in [-0.1, -0.05) is 62.6 Å². The minimum Gasteiger partial charge on any atom is -0.411 e. The van der Waals surface area contributed by atoms with Gasteiger partial charge in [0.25, 0.3) is 5.22 Å². The molecule has 3 nitrogen and oxygen atoms in total. The number of hydrogen-bond acceptors (Lipinski definition) is 4. The third-order valence-corrected chi connectivity index (χ3v) is 3.81. The van der Waals surface area contributed by atoms with Crippen LogP contribution in [0.2, 0.25) is 0 Å². The van der Waals surface area contributed by atoms with Crippen molar-refractivity contribution in [2.24, 2.45) is 0 Å². The molecule has 0 atom stereocenters. The van der Waals surface area contributed by atoms with Gasteiger partial charge in [0, 0.05) is 11.3 Å². The maximum Gasteiger partial charge on any atom is 0.276 e. The van der Waals surface area contributed by atoms with Gasteiger partial charge in [-0.3, -0.25) is 0 Å². The zero-order valence-corrected chi connectivity index (χ0v) is 12.2. The molecule has 0 unspecified atom stereocenters. The number of thioether (sulfide) groups is 1. The van der Waals surface area contributed by atoms with Crippen LogP contribution in [0.15, 0.2) is 40.0 Å². The van der Waals surface area contributed by atoms with E-state index in [0.29, 0.717) is 11.1 Å². The number of hydrogen-bond donors (Lipinski definition) is 0. The molecule has 0 bridgehead atoms. The van der Waals surface area contributed by atoms with Crippen LogP contribution < -0.4 is 0 Å². The van der Waals surface area contributed by atoms with Crippen molar-refractivity contribution in [3.8, 4) is 11.5 Å². The van der Waals surface area contributed by atoms with E-state index >= 15 is 0 Å². The Kier molecular flexibility index (Phi) is 5.95. The summed E-state index contributed by atoms with van der Waals surface area (Å²) in [5.74, 6) is 1.66. The summed E-state index contributed by atoms with van der Waals surface area (Å²) in [6, 6.07) is 9.88. The van der Waals surface area contributed by atoms with Crippen LogP contribution in [-0.2, 0) is 0 Å². The smallest absolute Gasteiger partial charge is 0.276 e. The highest BCUT2D eigenvalue weighted by Crippen LogP contribution is 2.23. The first kappa shape index (κ1) is 14.1. The van der Waals surface area contributed by atoms with E-state index in [9.17, 15) is 0 Å². The molecule has 0 saturated carbocycles. The summed E-state index contributed by atoms with van der Waals surface area (Å²) < 4.78 is 5.64. The molecule has 4 heteroatoms. The molecule has 0 spiro atoms. The van der Waals surface area contributed by atoms with Crippen molar-refractivity contribution in [2.45, 2.75) is 44.3 Å². The van der Waals surface area contributed by atoms with E-state index in [1.807, 2.05) is 30.3 Å². The first-order valence-electron chi connectivity index (χ1n) is 6.92. The number of aromatic nitrogens is 2. The highest BCUT2D eigenvalue weighted by atomic mass is 32.2. The molecule has 102 valence electrons. The van der Waals surface area contributed by atoms with Gasteiger partial charge in [-0.05, 0) is 18.6 Å². The fourth-order valence-corrected chi connectivity index (χ4v) is 2.59. The van der Waals surface area contributed by atoms with Gasteiger partial charge < -0.3 is 4.42 Å². The molecule has 0 aliphatic carbocycles. The van der Waals surface area contributed by atoms with E-state index in [2.05, 4.69) is 17.1 Å². The van der Waals surface area contributed by atoms with Crippen LogP contribution in [-0.4, -0.2) is 16.0 Å². The van der Waals surface area contributed by atoms with Gasteiger partial charge in [0.1, 0.15) is 0 Å². The van der Waals surface area contributed by atoms with Crippen LogP contribution >= 0.6 is 11.8 Å². The molecule has 0 radical (unpaired) electrons. The molecule has 0 amide bonds. The second kappa shape index (κ2) is 8.00. The molecule has 2 aromatic rings. The minimum absolute atomic E-state index is 0.606. The number of benzene rings is 1. The quantitative estimate of drug-likeness (QED) is 0.513. The van der Waals surface area contributed by atoms with Crippen LogP contribution in [0.1, 0.15) is 39.0 Å². The number of unbranched alkanes of at least 4 members (excludes halogenated alkanes) is 4. The van der Waals surface area contributed by atoms with Gasteiger partial charge in [-0.2, -0.15) is 0 Å². The third-order valence-electron chi connectivity index (χ3n) is 2.90. The largest absolute Gasteiger partial charge is 0.411 e. The van der Waals surface area contributed by atoms with Gasteiger partial charge >= 0.3 is 0 Å². The lowest BCUT2D eigenvalue weighted by atomic mass is 10.2. The average molecular weight is 276 g/mol. The van der Waals surface area contributed by atoms with Gasteiger partial charge in [0.15, 0.2) is 0 Å². The number of nitrogens with zero attached hydrogens (tertiary/aromatic N) is 2. The SMILES string of the molecule is CCCCCCCSc1nnc(-c2ccccc2)o1. The number of rotatable bonds is 8. The molecule has 0 N–H and O–H groups in total. The fraction of sp³-hybridized carbons (Fsp3) is 0.467. The molecular weight excluding hydrogens is 256 g/mol. The lowest BCUT2D eigenvalue weighted by Crippen LogP contribution is -1.82. The molecule has 19 heavy (non-hydrogen) atoms. The molecule has 1 aromatic carbocycles. The standard InChI is InChI=1S/C15H20N2OS/c1-2-3-4-5-9-12-19-15-17-16-14(18-15)13-10-7-6-8-11-13/h6-8,10-11H,2-5,9,12H2,1H3. The topological polar surface area (TPSA) is 38.9 Å². The van der Waals surface area contributed by atoms with Crippen molar-refractivity contribution < 1.29 is 4.42 Å². The predicted octanol–water partition coefficient (Wildman–Crippen LogP) is 4.80. The Morgan fingerprint density at radius 3 is 2.58 bits per heavy atom. The molecule has 0 fully saturated rings. The molecule has 0 aliphatic rings. The second-order valence-corrected chi connectivity index (χ2v) is 5.55. The third kappa shape index (κ3) is 4.71. The molecule has 1 aromatic heterocycles. The van der Waals surface area contributed by atoms with Crippen molar-refractivity contribution in [3.63, 3.8) is 0 Å². The van der Waals surface area contributed by atoms with Crippen molar-refractivity contribution >= 4 is 11.8 Å². The zero-order valence-electron chi connectivity index (χ0n) is 11.3. The Hall–Kier alpha value is -1.29. The van der Waals surface area contributed by atoms with Gasteiger partial charge in [-0.15, -0.1) is 10.2 Å². The van der Waals surface area contributed by atoms with Gasteiger partial charge in [0.2, 0.25) is 5.89 Å². The van der Waals surface area contributed by atoms with E-state index in [-0.39, 0.29) is 0 Å². The molecule has 2 rings (SSSR count). The Morgan fingerprint density at radius 1 is 1.00 bits per heavy atom. The maximum atomic E-state index is 5.64. The summed E-state index contributed by atoms with van der Waals surface area (Å²) >= 11 is 1.65. The Balaban J connectivity index is 1.75. The van der Waals surface area contributed by atoms with Crippen molar-refractivity contribution in [1.29, 1.82) is 0 Å². The van der Waals surface area contributed by atoms with Crippen LogP contribution in [0.5, 0.6) is 0 Å². The summed E-state index contributed by atoms with van der Waals surface area (Å²) in [6.45, 7) is 2.23. The predicted molar refractivity (Wildman–Crippen MR) is 79.2 cm³/mol. The molecule has 1 heterocycles. The fourth-order valence-electron chi connectivity index (χ4n) is 1.83. The second-order valence-electron chi connectivity index (χ2n) is 4.50. The van der Waals surface area contributed by atoms with Crippen LogP contribution in [0, 0.1) is 0 Å². The maximum absolute atomic E-state index is 5.64. The van der Waals surface area contributed by atoms with Crippen LogP contribution in [0.25, 0.3) is 11.5 Å². The van der Waals surface area contributed by atoms with Crippen molar-refractivity contribution in [1.82, 2.24) is 10.2 Å². The normalized spacial score (nSPS) is 10.8. The van der Waals surface area contributed by atoms with E-state index in [0.717, 1.165) is 11.3 Å². The molecule has 0 saturated heterocycles. The van der Waals surface area contributed by atoms with Gasteiger partial charge in [0.05, 0.1) is 0 Å². The summed E-state index contributed by atoms with van der Waals surface area (Å²) in [7, 11) is 0. The molecular formula is C15H20N2OS. The van der Waals surface area contributed by atoms with Crippen LogP contribution in [0.4, 0.5) is 0 Å². The first-order valence-corrected chi connectivity index (χ1v) is 7.90. The Morgan fingerprint density at radius 2 is 1.79 bits per heavy atom. The average Bonchev–Trinajstić information content (AvgIpc) is 2.92. The lowest BCUT2D eigenvalue weighted by Gasteiger charge is -1.97. The first-order chi connectivity index (χ1) is 9.40. The van der Waals surface area contributed by atoms with Crippen molar-refractivity contribution in [3.05, 3.63) is 30.3 Å². The van der Waals surface area contributed by atoms with E-state index < -0.39 is 0 Å². The van der Waals surface area contributed by atoms with Gasteiger partial charge in [-0.25, -0.2) is 0 Å². The van der Waals surface area contributed by atoms with Crippen LogP contribution in [0.3, 0.4) is 0 Å². The lowest BCUT2D eigenvalue weighted by molar-refractivity contribution is 0.465. The summed E-state index contributed by atoms with van der Waals surface area (Å²) in [5, 5.41) is 8.83. The minimum atomic E-state index is 0.606. The van der Waals surface area contributed by atoms with Crippen molar-refractivity contribution in [2.75, 3.05) is 5.75 Å².